The molecule has 0 aliphatic rings. The number of hydrogen-bond donors (Lipinski definition) is 0. The standard InChI is InChI=1S/C16H26O3S/c1-5-6-7-10-13-19-20(17,18)15-12-9-8-11-14(15)16(2,3)4/h8-9,11-12H,5-7,10,13H2,1-4H3. The van der Waals surface area contributed by atoms with Gasteiger partial charge in [-0.15, -0.1) is 0 Å². The number of benzene rings is 1. The van der Waals surface area contributed by atoms with Crippen LogP contribution >= 0.6 is 0 Å². The van der Waals surface area contributed by atoms with Crippen LogP contribution in [0.1, 0.15) is 58.9 Å². The molecule has 4 heteroatoms. The molecule has 0 unspecified atom stereocenters. The van der Waals surface area contributed by atoms with Crippen molar-refractivity contribution in [1.29, 1.82) is 0 Å². The highest BCUT2D eigenvalue weighted by Gasteiger charge is 2.25. The molecule has 0 atom stereocenters. The van der Waals surface area contributed by atoms with Crippen molar-refractivity contribution in [3.8, 4) is 0 Å². The molecule has 20 heavy (non-hydrogen) atoms. The van der Waals surface area contributed by atoms with Crippen LogP contribution in [0.5, 0.6) is 0 Å². The summed E-state index contributed by atoms with van der Waals surface area (Å²) in [4.78, 5) is 0.294. The topological polar surface area (TPSA) is 43.4 Å². The Morgan fingerprint density at radius 3 is 2.30 bits per heavy atom. The molecule has 0 N–H and O–H groups in total. The first kappa shape index (κ1) is 17.2. The van der Waals surface area contributed by atoms with Gasteiger partial charge in [-0.2, -0.15) is 8.42 Å². The van der Waals surface area contributed by atoms with Crippen LogP contribution < -0.4 is 0 Å². The molecule has 1 aromatic rings. The van der Waals surface area contributed by atoms with E-state index in [0.717, 1.165) is 31.2 Å². The molecule has 0 aromatic heterocycles. The molecule has 0 aliphatic carbocycles. The van der Waals surface area contributed by atoms with Gasteiger partial charge in [0.25, 0.3) is 10.1 Å². The largest absolute Gasteiger partial charge is 0.297 e. The predicted octanol–water partition coefficient (Wildman–Crippen LogP) is 4.27. The van der Waals surface area contributed by atoms with Gasteiger partial charge in [-0.1, -0.05) is 65.2 Å². The molecule has 0 aliphatic heterocycles. The highest BCUT2D eigenvalue weighted by Crippen LogP contribution is 2.29. The molecular weight excluding hydrogens is 272 g/mol. The van der Waals surface area contributed by atoms with Gasteiger partial charge in [0.2, 0.25) is 0 Å². The maximum atomic E-state index is 12.3. The van der Waals surface area contributed by atoms with E-state index in [1.165, 1.54) is 0 Å². The Kier molecular flexibility index (Phi) is 6.21. The first-order chi connectivity index (χ1) is 9.29. The Morgan fingerprint density at radius 2 is 1.70 bits per heavy atom. The van der Waals surface area contributed by atoms with Crippen molar-refractivity contribution in [2.24, 2.45) is 0 Å². The van der Waals surface area contributed by atoms with Crippen LogP contribution in [-0.4, -0.2) is 15.0 Å². The second-order valence-corrected chi connectivity index (χ2v) is 7.67. The summed E-state index contributed by atoms with van der Waals surface area (Å²) in [7, 11) is -3.66. The molecule has 0 spiro atoms. The van der Waals surface area contributed by atoms with Crippen molar-refractivity contribution in [2.75, 3.05) is 6.61 Å². The minimum Gasteiger partial charge on any atom is -0.266 e. The van der Waals surface area contributed by atoms with Crippen LogP contribution in [0.3, 0.4) is 0 Å². The fourth-order valence-electron chi connectivity index (χ4n) is 2.07. The monoisotopic (exact) mass is 298 g/mol. The lowest BCUT2D eigenvalue weighted by atomic mass is 9.87. The third kappa shape index (κ3) is 4.91. The second-order valence-electron chi connectivity index (χ2n) is 6.08. The van der Waals surface area contributed by atoms with Crippen molar-refractivity contribution < 1.29 is 12.6 Å². The van der Waals surface area contributed by atoms with E-state index in [2.05, 4.69) is 6.92 Å². The van der Waals surface area contributed by atoms with Gasteiger partial charge in [0.1, 0.15) is 0 Å². The summed E-state index contributed by atoms with van der Waals surface area (Å²) in [5, 5.41) is 0. The van der Waals surface area contributed by atoms with E-state index < -0.39 is 10.1 Å². The van der Waals surface area contributed by atoms with Gasteiger partial charge in [0.15, 0.2) is 0 Å². The van der Waals surface area contributed by atoms with E-state index in [1.54, 1.807) is 12.1 Å². The molecule has 0 saturated heterocycles. The van der Waals surface area contributed by atoms with Gasteiger partial charge < -0.3 is 0 Å². The van der Waals surface area contributed by atoms with Crippen LogP contribution in [0.25, 0.3) is 0 Å². The molecule has 0 amide bonds. The molecule has 114 valence electrons. The van der Waals surface area contributed by atoms with E-state index in [-0.39, 0.29) is 12.0 Å². The molecule has 0 saturated carbocycles. The first-order valence-electron chi connectivity index (χ1n) is 7.28. The minimum absolute atomic E-state index is 0.227. The van der Waals surface area contributed by atoms with Gasteiger partial charge in [-0.05, 0) is 23.5 Å². The van der Waals surface area contributed by atoms with Crippen molar-refractivity contribution in [3.63, 3.8) is 0 Å². The Balaban J connectivity index is 2.83. The summed E-state index contributed by atoms with van der Waals surface area (Å²) in [6.07, 6.45) is 4.03. The summed E-state index contributed by atoms with van der Waals surface area (Å²) >= 11 is 0. The lowest BCUT2D eigenvalue weighted by Gasteiger charge is -2.22. The minimum atomic E-state index is -3.66. The zero-order valence-electron chi connectivity index (χ0n) is 13.0. The smallest absolute Gasteiger partial charge is 0.266 e. The Morgan fingerprint density at radius 1 is 1.05 bits per heavy atom. The van der Waals surface area contributed by atoms with Crippen LogP contribution in [-0.2, 0) is 19.7 Å². The van der Waals surface area contributed by atoms with Crippen molar-refractivity contribution in [3.05, 3.63) is 29.8 Å². The fraction of sp³-hybridized carbons (Fsp3) is 0.625. The zero-order valence-corrected chi connectivity index (χ0v) is 13.8. The summed E-state index contributed by atoms with van der Waals surface area (Å²) < 4.78 is 29.8. The van der Waals surface area contributed by atoms with E-state index in [0.29, 0.717) is 4.90 Å². The molecule has 0 bridgehead atoms. The average molecular weight is 298 g/mol. The quantitative estimate of drug-likeness (QED) is 0.557. The van der Waals surface area contributed by atoms with Gasteiger partial charge in [-0.3, -0.25) is 4.18 Å². The van der Waals surface area contributed by atoms with Gasteiger partial charge in [0.05, 0.1) is 11.5 Å². The summed E-state index contributed by atoms with van der Waals surface area (Å²) in [6.45, 7) is 8.39. The van der Waals surface area contributed by atoms with E-state index in [9.17, 15) is 8.42 Å². The first-order valence-corrected chi connectivity index (χ1v) is 8.69. The van der Waals surface area contributed by atoms with E-state index >= 15 is 0 Å². The third-order valence-corrected chi connectivity index (χ3v) is 4.57. The Hall–Kier alpha value is -0.870. The highest BCUT2D eigenvalue weighted by molar-refractivity contribution is 7.86. The third-order valence-electron chi connectivity index (χ3n) is 3.20. The molecule has 0 fully saturated rings. The van der Waals surface area contributed by atoms with Crippen LogP contribution in [0.15, 0.2) is 29.2 Å². The van der Waals surface area contributed by atoms with Gasteiger partial charge >= 0.3 is 0 Å². The number of hydrogen-bond acceptors (Lipinski definition) is 3. The van der Waals surface area contributed by atoms with Crippen molar-refractivity contribution >= 4 is 10.1 Å². The number of rotatable bonds is 7. The average Bonchev–Trinajstić information content (AvgIpc) is 2.37. The second kappa shape index (κ2) is 7.23. The Bertz CT molecular complexity index is 513. The van der Waals surface area contributed by atoms with E-state index in [4.69, 9.17) is 4.18 Å². The molecule has 0 heterocycles. The lowest BCUT2D eigenvalue weighted by molar-refractivity contribution is 0.306. The van der Waals surface area contributed by atoms with Crippen molar-refractivity contribution in [2.45, 2.75) is 63.7 Å². The van der Waals surface area contributed by atoms with Crippen LogP contribution in [0.4, 0.5) is 0 Å². The summed E-state index contributed by atoms with van der Waals surface area (Å²) in [5.74, 6) is 0. The maximum absolute atomic E-state index is 12.3. The van der Waals surface area contributed by atoms with Gasteiger partial charge in [-0.25, -0.2) is 0 Å². The predicted molar refractivity (Wildman–Crippen MR) is 82.4 cm³/mol. The lowest BCUT2D eigenvalue weighted by Crippen LogP contribution is -2.18. The summed E-state index contributed by atoms with van der Waals surface area (Å²) in [6, 6.07) is 7.08. The zero-order chi connectivity index (χ0) is 15.2. The van der Waals surface area contributed by atoms with Crippen molar-refractivity contribution in [1.82, 2.24) is 0 Å². The van der Waals surface area contributed by atoms with Gasteiger partial charge in [0, 0.05) is 0 Å². The molecule has 1 rings (SSSR count). The number of unbranched alkanes of at least 4 members (excludes halogenated alkanes) is 3. The summed E-state index contributed by atoms with van der Waals surface area (Å²) in [5.41, 5.74) is 0.573. The van der Waals surface area contributed by atoms with Crippen LogP contribution in [0, 0.1) is 0 Å². The fourth-order valence-corrected chi connectivity index (χ4v) is 3.42. The molecule has 3 nitrogen and oxygen atoms in total. The maximum Gasteiger partial charge on any atom is 0.297 e. The molecule has 0 radical (unpaired) electrons. The van der Waals surface area contributed by atoms with Crippen LogP contribution in [0.2, 0.25) is 0 Å². The molecule has 1 aromatic carbocycles. The normalized spacial score (nSPS) is 12.6. The SMILES string of the molecule is CCCCCCOS(=O)(=O)c1ccccc1C(C)(C)C. The Labute approximate surface area is 123 Å². The molecular formula is C16H26O3S. The highest BCUT2D eigenvalue weighted by atomic mass is 32.2. The van der Waals surface area contributed by atoms with E-state index in [1.807, 2.05) is 32.9 Å².